The third kappa shape index (κ3) is 3.01. The van der Waals surface area contributed by atoms with Crippen LogP contribution in [0.4, 0.5) is 10.2 Å². The van der Waals surface area contributed by atoms with Gasteiger partial charge in [-0.3, -0.25) is 4.57 Å². The zero-order valence-corrected chi connectivity index (χ0v) is 8.64. The minimum atomic E-state index is -2.08. The van der Waals surface area contributed by atoms with E-state index in [1.165, 1.54) is 12.3 Å². The van der Waals surface area contributed by atoms with Gasteiger partial charge in [0.25, 0.3) is 0 Å². The highest BCUT2D eigenvalue weighted by molar-refractivity contribution is 5.23. The van der Waals surface area contributed by atoms with Crippen molar-refractivity contribution in [3.05, 3.63) is 22.7 Å². The summed E-state index contributed by atoms with van der Waals surface area (Å²) in [6.45, 7) is -1.56. The summed E-state index contributed by atoms with van der Waals surface area (Å²) in [6.07, 6.45) is 1.21. The van der Waals surface area contributed by atoms with E-state index in [-0.39, 0.29) is 18.8 Å². The number of anilines is 1. The molecule has 0 radical (unpaired) electrons. The van der Waals surface area contributed by atoms with E-state index in [0.717, 1.165) is 4.57 Å². The van der Waals surface area contributed by atoms with Crippen LogP contribution in [0.1, 0.15) is 6.42 Å². The first-order chi connectivity index (χ1) is 7.50. The Morgan fingerprint density at radius 1 is 1.50 bits per heavy atom. The van der Waals surface area contributed by atoms with Gasteiger partial charge in [-0.1, -0.05) is 0 Å². The molecule has 0 atom stereocenters. The van der Waals surface area contributed by atoms with Gasteiger partial charge in [-0.15, -0.1) is 0 Å². The van der Waals surface area contributed by atoms with Gasteiger partial charge in [0, 0.05) is 19.2 Å². The van der Waals surface area contributed by atoms with E-state index in [1.54, 1.807) is 0 Å². The number of nitrogens with two attached hydrogens (primary N) is 1. The molecule has 6 nitrogen and oxygen atoms in total. The van der Waals surface area contributed by atoms with Gasteiger partial charge < -0.3 is 15.9 Å². The van der Waals surface area contributed by atoms with Crippen LogP contribution in [0.25, 0.3) is 0 Å². The first kappa shape index (κ1) is 12.6. The van der Waals surface area contributed by atoms with E-state index < -0.39 is 24.6 Å². The highest BCUT2D eigenvalue weighted by Crippen LogP contribution is 2.15. The normalized spacial score (nSPS) is 11.7. The Bertz CT molecular complexity index is 403. The van der Waals surface area contributed by atoms with Crippen LogP contribution in [0, 0.1) is 0 Å². The average molecular weight is 231 g/mol. The SMILES string of the molecule is Nc1ccn(CCC(F)(CO)CO)c(=O)n1. The molecule has 90 valence electrons. The lowest BCUT2D eigenvalue weighted by Crippen LogP contribution is -2.35. The zero-order chi connectivity index (χ0) is 12.2. The number of halogens is 1. The molecule has 0 fully saturated rings. The second-order valence-corrected chi connectivity index (χ2v) is 3.55. The Balaban J connectivity index is 2.71. The van der Waals surface area contributed by atoms with Crippen LogP contribution < -0.4 is 11.4 Å². The Morgan fingerprint density at radius 3 is 2.62 bits per heavy atom. The molecule has 0 aliphatic rings. The van der Waals surface area contributed by atoms with Crippen molar-refractivity contribution in [1.82, 2.24) is 9.55 Å². The second kappa shape index (κ2) is 5.04. The number of aromatic nitrogens is 2. The summed E-state index contributed by atoms with van der Waals surface area (Å²) in [7, 11) is 0. The monoisotopic (exact) mass is 231 g/mol. The van der Waals surface area contributed by atoms with E-state index in [9.17, 15) is 9.18 Å². The largest absolute Gasteiger partial charge is 0.393 e. The molecule has 1 heterocycles. The number of aryl methyl sites for hydroxylation is 1. The van der Waals surface area contributed by atoms with Crippen LogP contribution in [0.2, 0.25) is 0 Å². The number of nitrogens with zero attached hydrogens (tertiary/aromatic N) is 2. The molecule has 1 aromatic heterocycles. The fourth-order valence-corrected chi connectivity index (χ4v) is 1.14. The molecule has 0 unspecified atom stereocenters. The molecule has 0 saturated carbocycles. The predicted molar refractivity (Wildman–Crippen MR) is 55.5 cm³/mol. The number of nitrogen functional groups attached to an aromatic ring is 1. The van der Waals surface area contributed by atoms with E-state index >= 15 is 0 Å². The van der Waals surface area contributed by atoms with E-state index in [1.807, 2.05) is 0 Å². The molecule has 0 aromatic carbocycles. The Hall–Kier alpha value is -1.47. The summed E-state index contributed by atoms with van der Waals surface area (Å²) < 4.78 is 14.6. The standard InChI is InChI=1S/C9H14FN3O3/c10-9(5-14,6-15)2-4-13-3-1-7(11)12-8(13)16/h1,3,14-15H,2,4-6H2,(H2,11,12,16). The minimum Gasteiger partial charge on any atom is -0.393 e. The molecule has 0 bridgehead atoms. The van der Waals surface area contributed by atoms with Crippen LogP contribution in [-0.4, -0.2) is 38.6 Å². The van der Waals surface area contributed by atoms with Crippen LogP contribution >= 0.6 is 0 Å². The Morgan fingerprint density at radius 2 is 2.12 bits per heavy atom. The molecule has 16 heavy (non-hydrogen) atoms. The summed E-state index contributed by atoms with van der Waals surface area (Å²) in [6, 6.07) is 1.42. The maximum atomic E-state index is 13.5. The third-order valence-electron chi connectivity index (χ3n) is 2.26. The van der Waals surface area contributed by atoms with Crippen LogP contribution in [0.5, 0.6) is 0 Å². The van der Waals surface area contributed by atoms with Crippen LogP contribution in [-0.2, 0) is 6.54 Å². The lowest BCUT2D eigenvalue weighted by Gasteiger charge is -2.20. The molecule has 4 N–H and O–H groups in total. The number of rotatable bonds is 5. The number of hydrogen-bond donors (Lipinski definition) is 3. The van der Waals surface area contributed by atoms with Crippen molar-refractivity contribution in [3.8, 4) is 0 Å². The fourth-order valence-electron chi connectivity index (χ4n) is 1.14. The van der Waals surface area contributed by atoms with Gasteiger partial charge in [-0.05, 0) is 6.07 Å². The van der Waals surface area contributed by atoms with Crippen molar-refractivity contribution in [2.45, 2.75) is 18.6 Å². The van der Waals surface area contributed by atoms with Crippen molar-refractivity contribution in [1.29, 1.82) is 0 Å². The maximum absolute atomic E-state index is 13.5. The highest BCUT2D eigenvalue weighted by Gasteiger charge is 2.27. The molecule has 0 aliphatic heterocycles. The van der Waals surface area contributed by atoms with Crippen molar-refractivity contribution in [2.24, 2.45) is 0 Å². The number of aliphatic hydroxyl groups excluding tert-OH is 2. The number of hydrogen-bond acceptors (Lipinski definition) is 5. The summed E-state index contributed by atoms with van der Waals surface area (Å²) >= 11 is 0. The Labute approximate surface area is 91.2 Å². The van der Waals surface area contributed by atoms with Crippen molar-refractivity contribution in [3.63, 3.8) is 0 Å². The summed E-state index contributed by atoms with van der Waals surface area (Å²) in [5.74, 6) is 0.0945. The highest BCUT2D eigenvalue weighted by atomic mass is 19.1. The zero-order valence-electron chi connectivity index (χ0n) is 8.64. The quantitative estimate of drug-likeness (QED) is 0.597. The third-order valence-corrected chi connectivity index (χ3v) is 2.26. The van der Waals surface area contributed by atoms with Gasteiger partial charge >= 0.3 is 5.69 Å². The van der Waals surface area contributed by atoms with Gasteiger partial charge in [0.15, 0.2) is 5.67 Å². The molecule has 0 spiro atoms. The fraction of sp³-hybridized carbons (Fsp3) is 0.556. The topological polar surface area (TPSA) is 101 Å². The van der Waals surface area contributed by atoms with Gasteiger partial charge in [-0.2, -0.15) is 4.98 Å². The molecule has 7 heteroatoms. The molecule has 0 saturated heterocycles. The Kier molecular flexibility index (Phi) is 3.97. The number of alkyl halides is 1. The van der Waals surface area contributed by atoms with Gasteiger partial charge in [0.1, 0.15) is 5.82 Å². The maximum Gasteiger partial charge on any atom is 0.349 e. The van der Waals surface area contributed by atoms with Gasteiger partial charge in [0.2, 0.25) is 0 Å². The summed E-state index contributed by atoms with van der Waals surface area (Å²) in [5.41, 5.74) is 2.62. The van der Waals surface area contributed by atoms with Crippen LogP contribution in [0.3, 0.4) is 0 Å². The van der Waals surface area contributed by atoms with E-state index in [4.69, 9.17) is 15.9 Å². The molecule has 1 rings (SSSR count). The van der Waals surface area contributed by atoms with Crippen molar-refractivity contribution >= 4 is 5.82 Å². The van der Waals surface area contributed by atoms with E-state index in [0.29, 0.717) is 0 Å². The van der Waals surface area contributed by atoms with Crippen molar-refractivity contribution < 1.29 is 14.6 Å². The molecule has 0 aliphatic carbocycles. The van der Waals surface area contributed by atoms with Crippen LogP contribution in [0.15, 0.2) is 17.1 Å². The lowest BCUT2D eigenvalue weighted by molar-refractivity contribution is 0.00641. The van der Waals surface area contributed by atoms with Crippen molar-refractivity contribution in [2.75, 3.05) is 18.9 Å². The first-order valence-corrected chi connectivity index (χ1v) is 4.74. The van der Waals surface area contributed by atoms with Gasteiger partial charge in [0.05, 0.1) is 13.2 Å². The molecule has 0 amide bonds. The van der Waals surface area contributed by atoms with Gasteiger partial charge in [-0.25, -0.2) is 9.18 Å². The first-order valence-electron chi connectivity index (χ1n) is 4.74. The molecular formula is C9H14FN3O3. The summed E-state index contributed by atoms with van der Waals surface area (Å²) in [4.78, 5) is 14.7. The second-order valence-electron chi connectivity index (χ2n) is 3.55. The molecule has 1 aromatic rings. The minimum absolute atomic E-state index is 0.0176. The predicted octanol–water partition coefficient (Wildman–Crippen LogP) is -1.09. The molecular weight excluding hydrogens is 217 g/mol. The number of aliphatic hydroxyl groups is 2. The lowest BCUT2D eigenvalue weighted by atomic mass is 10.0. The summed E-state index contributed by atoms with van der Waals surface area (Å²) in [5, 5.41) is 17.4. The average Bonchev–Trinajstić information content (AvgIpc) is 2.27. The smallest absolute Gasteiger partial charge is 0.349 e. The van der Waals surface area contributed by atoms with E-state index in [2.05, 4.69) is 4.98 Å².